The lowest BCUT2D eigenvalue weighted by Gasteiger charge is -2.14. The molecule has 1 aliphatic rings. The summed E-state index contributed by atoms with van der Waals surface area (Å²) in [5.41, 5.74) is 0.751. The van der Waals surface area contributed by atoms with Crippen molar-refractivity contribution in [2.24, 2.45) is 0 Å². The van der Waals surface area contributed by atoms with Gasteiger partial charge < -0.3 is 4.74 Å². The van der Waals surface area contributed by atoms with Crippen molar-refractivity contribution >= 4 is 45.3 Å². The third-order valence-electron chi connectivity index (χ3n) is 3.35. The Morgan fingerprint density at radius 3 is 2.30 bits per heavy atom. The molecule has 1 aliphatic heterocycles. The Morgan fingerprint density at radius 2 is 1.70 bits per heavy atom. The average Bonchev–Trinajstić information content (AvgIpc) is 2.79. The summed E-state index contributed by atoms with van der Waals surface area (Å²) in [6.07, 6.45) is 0. The Hall–Kier alpha value is -2.18. The van der Waals surface area contributed by atoms with Crippen LogP contribution in [-0.2, 0) is 4.74 Å². The van der Waals surface area contributed by atoms with Crippen molar-refractivity contribution in [2.45, 2.75) is 0 Å². The third-order valence-corrected chi connectivity index (χ3v) is 4.17. The van der Waals surface area contributed by atoms with E-state index in [0.717, 1.165) is 4.90 Å². The Kier molecular flexibility index (Phi) is 4.19. The van der Waals surface area contributed by atoms with Crippen LogP contribution in [0.1, 0.15) is 31.1 Å². The van der Waals surface area contributed by atoms with Crippen molar-refractivity contribution in [1.29, 1.82) is 0 Å². The van der Waals surface area contributed by atoms with Gasteiger partial charge in [-0.3, -0.25) is 9.59 Å². The number of nitrogens with zero attached hydrogens (tertiary/aromatic N) is 1. The molecule has 0 aliphatic carbocycles. The summed E-state index contributed by atoms with van der Waals surface area (Å²) in [7, 11) is 0. The van der Waals surface area contributed by atoms with Gasteiger partial charge in [0.15, 0.2) is 6.73 Å². The quantitative estimate of drug-likeness (QED) is 0.590. The maximum absolute atomic E-state index is 12.2. The smallest absolute Gasteiger partial charge is 0.341 e. The van der Waals surface area contributed by atoms with E-state index in [1.807, 2.05) is 0 Å². The van der Waals surface area contributed by atoms with Crippen molar-refractivity contribution < 1.29 is 19.1 Å². The van der Waals surface area contributed by atoms with Gasteiger partial charge in [0.25, 0.3) is 11.8 Å². The van der Waals surface area contributed by atoms with Gasteiger partial charge in [-0.25, -0.2) is 9.69 Å². The lowest BCUT2D eigenvalue weighted by molar-refractivity contribution is 0.0228. The Labute approximate surface area is 144 Å². The first kappa shape index (κ1) is 15.7. The number of fused-ring (bicyclic) bond motifs is 1. The van der Waals surface area contributed by atoms with Gasteiger partial charge in [0, 0.05) is 4.47 Å². The van der Waals surface area contributed by atoms with Crippen LogP contribution < -0.4 is 0 Å². The zero-order valence-electron chi connectivity index (χ0n) is 11.6. The molecule has 0 bridgehead atoms. The molecule has 5 nitrogen and oxygen atoms in total. The molecule has 2 aromatic rings. The largest absolute Gasteiger partial charge is 0.440 e. The normalized spacial score (nSPS) is 13.2. The van der Waals surface area contributed by atoms with Crippen LogP contribution in [0.2, 0.25) is 5.02 Å². The topological polar surface area (TPSA) is 63.7 Å². The van der Waals surface area contributed by atoms with Crippen molar-refractivity contribution in [3.8, 4) is 0 Å². The molecular formula is C16H9BrClNO4. The fourth-order valence-electron chi connectivity index (χ4n) is 2.21. The number of hydrogen-bond acceptors (Lipinski definition) is 4. The minimum Gasteiger partial charge on any atom is -0.440 e. The van der Waals surface area contributed by atoms with Crippen LogP contribution in [0.25, 0.3) is 0 Å². The summed E-state index contributed by atoms with van der Waals surface area (Å²) in [5, 5.41) is 0.223. The first-order valence-corrected chi connectivity index (χ1v) is 7.73. The van der Waals surface area contributed by atoms with E-state index in [4.69, 9.17) is 16.3 Å². The SMILES string of the molecule is O=C(OCN1C(=O)c2ccccc2C1=O)c1cc(Br)ccc1Cl. The van der Waals surface area contributed by atoms with Crippen molar-refractivity contribution in [3.63, 3.8) is 0 Å². The summed E-state index contributed by atoms with van der Waals surface area (Å²) >= 11 is 9.18. The summed E-state index contributed by atoms with van der Waals surface area (Å²) in [5.74, 6) is -1.69. The van der Waals surface area contributed by atoms with Crippen LogP contribution in [0.5, 0.6) is 0 Å². The number of carbonyl (C=O) groups is 3. The number of hydrogen-bond donors (Lipinski definition) is 0. The van der Waals surface area contributed by atoms with E-state index in [9.17, 15) is 14.4 Å². The summed E-state index contributed by atoms with van der Waals surface area (Å²) < 4.78 is 5.72. The van der Waals surface area contributed by atoms with E-state index in [2.05, 4.69) is 15.9 Å². The van der Waals surface area contributed by atoms with Gasteiger partial charge >= 0.3 is 5.97 Å². The highest BCUT2D eigenvalue weighted by molar-refractivity contribution is 9.10. The van der Waals surface area contributed by atoms with E-state index >= 15 is 0 Å². The van der Waals surface area contributed by atoms with Gasteiger partial charge in [0.05, 0.1) is 21.7 Å². The maximum Gasteiger partial charge on any atom is 0.341 e. The molecule has 0 saturated carbocycles. The lowest BCUT2D eigenvalue weighted by Crippen LogP contribution is -2.33. The standard InChI is InChI=1S/C16H9BrClNO4/c17-9-5-6-13(18)12(7-9)16(22)23-8-19-14(20)10-3-1-2-4-11(10)15(19)21/h1-7H,8H2. The van der Waals surface area contributed by atoms with Gasteiger partial charge in [0.1, 0.15) is 0 Å². The van der Waals surface area contributed by atoms with E-state index < -0.39 is 24.5 Å². The molecule has 0 saturated heterocycles. The second-order valence-electron chi connectivity index (χ2n) is 4.77. The molecule has 1 heterocycles. The van der Waals surface area contributed by atoms with Crippen molar-refractivity contribution in [2.75, 3.05) is 6.73 Å². The van der Waals surface area contributed by atoms with Crippen LogP contribution in [0.3, 0.4) is 0 Å². The molecule has 0 atom stereocenters. The van der Waals surface area contributed by atoms with Crippen LogP contribution in [0.4, 0.5) is 0 Å². The van der Waals surface area contributed by atoms with Gasteiger partial charge in [-0.1, -0.05) is 39.7 Å². The highest BCUT2D eigenvalue weighted by Crippen LogP contribution is 2.24. The highest BCUT2D eigenvalue weighted by Gasteiger charge is 2.35. The maximum atomic E-state index is 12.2. The predicted octanol–water partition coefficient (Wildman–Crippen LogP) is 3.51. The third kappa shape index (κ3) is 2.87. The lowest BCUT2D eigenvalue weighted by atomic mass is 10.1. The van der Waals surface area contributed by atoms with Crippen LogP contribution >= 0.6 is 27.5 Å². The Balaban J connectivity index is 1.75. The molecule has 116 valence electrons. The fourth-order valence-corrected chi connectivity index (χ4v) is 2.77. The van der Waals surface area contributed by atoms with Crippen LogP contribution in [0, 0.1) is 0 Å². The highest BCUT2D eigenvalue weighted by atomic mass is 79.9. The number of benzene rings is 2. The second-order valence-corrected chi connectivity index (χ2v) is 6.09. The second kappa shape index (κ2) is 6.14. The molecule has 3 rings (SSSR count). The molecule has 0 radical (unpaired) electrons. The molecule has 0 N–H and O–H groups in total. The van der Waals surface area contributed by atoms with Crippen LogP contribution in [0.15, 0.2) is 46.9 Å². The summed E-state index contributed by atoms with van der Waals surface area (Å²) in [6.45, 7) is -0.464. The first-order chi connectivity index (χ1) is 11.0. The number of esters is 1. The van der Waals surface area contributed by atoms with Crippen LogP contribution in [-0.4, -0.2) is 29.4 Å². The number of ether oxygens (including phenoxy) is 1. The minimum atomic E-state index is -0.715. The molecule has 2 amide bonds. The van der Waals surface area contributed by atoms with Gasteiger partial charge in [0.2, 0.25) is 0 Å². The minimum absolute atomic E-state index is 0.151. The molecule has 0 spiro atoms. The number of amides is 2. The number of carbonyl (C=O) groups excluding carboxylic acids is 3. The molecule has 2 aromatic carbocycles. The first-order valence-electron chi connectivity index (χ1n) is 6.56. The average molecular weight is 395 g/mol. The number of imide groups is 1. The summed E-state index contributed by atoms with van der Waals surface area (Å²) in [6, 6.07) is 11.2. The van der Waals surface area contributed by atoms with Gasteiger partial charge in [-0.05, 0) is 30.3 Å². The zero-order valence-corrected chi connectivity index (χ0v) is 13.9. The number of halogens is 2. The van der Waals surface area contributed by atoms with Crippen molar-refractivity contribution in [3.05, 3.63) is 68.7 Å². The van der Waals surface area contributed by atoms with Crippen molar-refractivity contribution in [1.82, 2.24) is 4.90 Å². The molecule has 0 unspecified atom stereocenters. The fraction of sp³-hybridized carbons (Fsp3) is 0.0625. The summed E-state index contributed by atoms with van der Waals surface area (Å²) in [4.78, 5) is 37.3. The van der Waals surface area contributed by atoms with E-state index in [-0.39, 0.29) is 10.6 Å². The molecular weight excluding hydrogens is 386 g/mol. The van der Waals surface area contributed by atoms with E-state index in [0.29, 0.717) is 15.6 Å². The van der Waals surface area contributed by atoms with E-state index in [1.54, 1.807) is 36.4 Å². The predicted molar refractivity (Wildman–Crippen MR) is 86.4 cm³/mol. The number of rotatable bonds is 3. The Morgan fingerprint density at radius 1 is 1.09 bits per heavy atom. The Bertz CT molecular complexity index is 802. The zero-order chi connectivity index (χ0) is 16.6. The molecule has 0 fully saturated rings. The monoisotopic (exact) mass is 393 g/mol. The molecule has 0 aromatic heterocycles. The van der Waals surface area contributed by atoms with Gasteiger partial charge in [-0.2, -0.15) is 0 Å². The molecule has 7 heteroatoms. The molecule has 23 heavy (non-hydrogen) atoms. The van der Waals surface area contributed by atoms with E-state index in [1.165, 1.54) is 6.07 Å². The van der Waals surface area contributed by atoms with Gasteiger partial charge in [-0.15, -0.1) is 0 Å².